The summed E-state index contributed by atoms with van der Waals surface area (Å²) < 4.78 is 1.85. The van der Waals surface area contributed by atoms with E-state index in [0.717, 1.165) is 5.82 Å². The summed E-state index contributed by atoms with van der Waals surface area (Å²) in [6.07, 6.45) is 5.13. The Hall–Kier alpha value is -2.37. The van der Waals surface area contributed by atoms with Crippen LogP contribution in [0.5, 0.6) is 0 Å². The second-order valence-electron chi connectivity index (χ2n) is 3.48. The Morgan fingerprint density at radius 3 is 2.88 bits per heavy atom. The number of hydrogen-bond donors (Lipinski definition) is 2. The molecular formula is C11H13N5O. The number of carbonyl (C=O) groups is 1. The van der Waals surface area contributed by atoms with Crippen LogP contribution in [0, 0.1) is 0 Å². The minimum Gasteiger partial charge on any atom is -0.337 e. The first-order chi connectivity index (χ1) is 8.25. The molecule has 0 aromatic carbocycles. The van der Waals surface area contributed by atoms with Crippen molar-refractivity contribution in [3.05, 3.63) is 42.6 Å². The van der Waals surface area contributed by atoms with Gasteiger partial charge in [0.05, 0.1) is 6.54 Å². The summed E-state index contributed by atoms with van der Waals surface area (Å²) in [7, 11) is 1.88. The van der Waals surface area contributed by atoms with Crippen LogP contribution in [0.25, 0.3) is 0 Å². The molecule has 0 radical (unpaired) electrons. The van der Waals surface area contributed by atoms with Gasteiger partial charge in [0.25, 0.3) is 0 Å². The summed E-state index contributed by atoms with van der Waals surface area (Å²) in [4.78, 5) is 19.6. The fraction of sp³-hybridized carbons (Fsp3) is 0.182. The summed E-state index contributed by atoms with van der Waals surface area (Å²) in [5, 5.41) is 5.33. The first kappa shape index (κ1) is 11.1. The lowest BCUT2D eigenvalue weighted by atomic mass is 10.5. The Morgan fingerprint density at radius 2 is 2.24 bits per heavy atom. The van der Waals surface area contributed by atoms with Gasteiger partial charge in [-0.25, -0.2) is 14.8 Å². The molecule has 0 fully saturated rings. The van der Waals surface area contributed by atoms with Gasteiger partial charge in [0.2, 0.25) is 0 Å². The van der Waals surface area contributed by atoms with Gasteiger partial charge in [0.15, 0.2) is 0 Å². The summed E-state index contributed by atoms with van der Waals surface area (Å²) in [5.74, 6) is 1.31. The number of anilines is 1. The normalized spacial score (nSPS) is 9.94. The maximum atomic E-state index is 11.5. The van der Waals surface area contributed by atoms with Crippen molar-refractivity contribution in [2.24, 2.45) is 7.05 Å². The third-order valence-electron chi connectivity index (χ3n) is 2.23. The molecule has 6 nitrogen and oxygen atoms in total. The van der Waals surface area contributed by atoms with Crippen LogP contribution < -0.4 is 10.6 Å². The quantitative estimate of drug-likeness (QED) is 0.832. The second-order valence-corrected chi connectivity index (χ2v) is 3.48. The maximum absolute atomic E-state index is 11.5. The van der Waals surface area contributed by atoms with E-state index < -0.39 is 0 Å². The van der Waals surface area contributed by atoms with Crippen LogP contribution in [0.2, 0.25) is 0 Å². The standard InChI is InChI=1S/C11H13N5O/c1-16-7-6-13-10(16)8-14-11(17)15-9-4-2-3-5-12-9/h2-7H,8H2,1H3,(H2,12,14,15,17). The van der Waals surface area contributed by atoms with E-state index in [1.165, 1.54) is 0 Å². The molecule has 0 bridgehead atoms. The highest BCUT2D eigenvalue weighted by atomic mass is 16.2. The number of nitrogens with zero attached hydrogens (tertiary/aromatic N) is 3. The molecule has 0 aliphatic rings. The van der Waals surface area contributed by atoms with Gasteiger partial charge in [-0.1, -0.05) is 6.07 Å². The topological polar surface area (TPSA) is 71.8 Å². The van der Waals surface area contributed by atoms with Crippen molar-refractivity contribution in [2.45, 2.75) is 6.54 Å². The van der Waals surface area contributed by atoms with Crippen LogP contribution in [-0.4, -0.2) is 20.6 Å². The molecule has 2 aromatic heterocycles. The third kappa shape index (κ3) is 3.04. The Balaban J connectivity index is 1.84. The summed E-state index contributed by atoms with van der Waals surface area (Å²) in [5.41, 5.74) is 0. The third-order valence-corrected chi connectivity index (χ3v) is 2.23. The molecule has 0 saturated carbocycles. The van der Waals surface area contributed by atoms with Crippen molar-refractivity contribution in [2.75, 3.05) is 5.32 Å². The average Bonchev–Trinajstić information content (AvgIpc) is 2.74. The van der Waals surface area contributed by atoms with E-state index in [1.807, 2.05) is 17.8 Å². The molecule has 2 N–H and O–H groups in total. The van der Waals surface area contributed by atoms with E-state index in [4.69, 9.17) is 0 Å². The Morgan fingerprint density at radius 1 is 1.35 bits per heavy atom. The van der Waals surface area contributed by atoms with Crippen molar-refractivity contribution >= 4 is 11.8 Å². The first-order valence-corrected chi connectivity index (χ1v) is 5.18. The van der Waals surface area contributed by atoms with Crippen LogP contribution in [0.15, 0.2) is 36.8 Å². The van der Waals surface area contributed by atoms with Crippen molar-refractivity contribution < 1.29 is 4.79 Å². The van der Waals surface area contributed by atoms with E-state index in [0.29, 0.717) is 12.4 Å². The molecule has 0 aliphatic heterocycles. The van der Waals surface area contributed by atoms with Gasteiger partial charge in [-0.05, 0) is 12.1 Å². The van der Waals surface area contributed by atoms with Crippen LogP contribution in [0.1, 0.15) is 5.82 Å². The molecule has 6 heteroatoms. The van der Waals surface area contributed by atoms with Gasteiger partial charge in [-0.3, -0.25) is 5.32 Å². The van der Waals surface area contributed by atoms with Crippen molar-refractivity contribution in [1.29, 1.82) is 0 Å². The Bertz CT molecular complexity index is 494. The average molecular weight is 231 g/mol. The van der Waals surface area contributed by atoms with Crippen molar-refractivity contribution in [1.82, 2.24) is 19.9 Å². The molecule has 88 valence electrons. The fourth-order valence-corrected chi connectivity index (χ4v) is 1.32. The number of amides is 2. The summed E-state index contributed by atoms with van der Waals surface area (Å²) >= 11 is 0. The van der Waals surface area contributed by atoms with E-state index in [-0.39, 0.29) is 6.03 Å². The van der Waals surface area contributed by atoms with Crippen LogP contribution in [0.4, 0.5) is 10.6 Å². The van der Waals surface area contributed by atoms with Gasteiger partial charge < -0.3 is 9.88 Å². The molecule has 0 atom stereocenters. The summed E-state index contributed by atoms with van der Waals surface area (Å²) in [6.45, 7) is 0.377. The molecular weight excluding hydrogens is 218 g/mol. The summed E-state index contributed by atoms with van der Waals surface area (Å²) in [6, 6.07) is 5.02. The number of imidazole rings is 1. The minimum atomic E-state index is -0.299. The second kappa shape index (κ2) is 5.11. The number of hydrogen-bond acceptors (Lipinski definition) is 3. The lowest BCUT2D eigenvalue weighted by molar-refractivity contribution is 0.251. The van der Waals surface area contributed by atoms with E-state index >= 15 is 0 Å². The molecule has 17 heavy (non-hydrogen) atoms. The zero-order valence-electron chi connectivity index (χ0n) is 9.42. The van der Waals surface area contributed by atoms with Gasteiger partial charge in [0.1, 0.15) is 11.6 Å². The van der Waals surface area contributed by atoms with Crippen LogP contribution >= 0.6 is 0 Å². The van der Waals surface area contributed by atoms with E-state index in [2.05, 4.69) is 20.6 Å². The molecule has 0 aliphatic carbocycles. The molecule has 0 unspecified atom stereocenters. The number of aromatic nitrogens is 3. The predicted octanol–water partition coefficient (Wildman–Crippen LogP) is 1.14. The molecule has 2 rings (SSSR count). The van der Waals surface area contributed by atoms with Gasteiger partial charge in [-0.15, -0.1) is 0 Å². The van der Waals surface area contributed by atoms with E-state index in [1.54, 1.807) is 30.6 Å². The number of pyridine rings is 1. The van der Waals surface area contributed by atoms with E-state index in [9.17, 15) is 4.79 Å². The highest BCUT2D eigenvalue weighted by Crippen LogP contribution is 1.99. The zero-order valence-corrected chi connectivity index (χ0v) is 9.42. The fourth-order valence-electron chi connectivity index (χ4n) is 1.32. The maximum Gasteiger partial charge on any atom is 0.320 e. The molecule has 2 amide bonds. The Kier molecular flexibility index (Phi) is 3.34. The molecule has 0 saturated heterocycles. The number of carbonyl (C=O) groups excluding carboxylic acids is 1. The van der Waals surface area contributed by atoms with Gasteiger partial charge >= 0.3 is 6.03 Å². The van der Waals surface area contributed by atoms with Gasteiger partial charge in [-0.2, -0.15) is 0 Å². The highest BCUT2D eigenvalue weighted by molar-refractivity contribution is 5.87. The monoisotopic (exact) mass is 231 g/mol. The number of rotatable bonds is 3. The number of aryl methyl sites for hydroxylation is 1. The molecule has 2 aromatic rings. The lowest BCUT2D eigenvalue weighted by Crippen LogP contribution is -2.29. The lowest BCUT2D eigenvalue weighted by Gasteiger charge is -2.06. The SMILES string of the molecule is Cn1ccnc1CNC(=O)Nc1ccccn1. The Labute approximate surface area is 98.7 Å². The largest absolute Gasteiger partial charge is 0.337 e. The number of nitrogens with one attached hydrogen (secondary N) is 2. The molecule has 0 spiro atoms. The van der Waals surface area contributed by atoms with Crippen molar-refractivity contribution in [3.8, 4) is 0 Å². The first-order valence-electron chi connectivity index (χ1n) is 5.18. The van der Waals surface area contributed by atoms with Crippen molar-refractivity contribution in [3.63, 3.8) is 0 Å². The number of urea groups is 1. The smallest absolute Gasteiger partial charge is 0.320 e. The van der Waals surface area contributed by atoms with Crippen LogP contribution in [0.3, 0.4) is 0 Å². The molecule has 2 heterocycles. The van der Waals surface area contributed by atoms with Gasteiger partial charge in [0, 0.05) is 25.6 Å². The minimum absolute atomic E-state index is 0.299. The zero-order chi connectivity index (χ0) is 12.1. The predicted molar refractivity (Wildman–Crippen MR) is 63.3 cm³/mol. The van der Waals surface area contributed by atoms with Crippen LogP contribution in [-0.2, 0) is 13.6 Å². The highest BCUT2D eigenvalue weighted by Gasteiger charge is 2.04.